The molecule has 5 heteroatoms. The Morgan fingerprint density at radius 1 is 0.417 bits per heavy atom. The monoisotopic (exact) mass is 849 g/mol. The number of carbonyl (C=O) groups excluding carboxylic acids is 1. The maximum Gasteiger partial charge on any atom is 0.305 e. The van der Waals surface area contributed by atoms with Crippen LogP contribution in [0.15, 0.2) is 0 Å². The molecule has 0 saturated carbocycles. The molecule has 0 bridgehead atoms. The highest BCUT2D eigenvalue weighted by atomic mass is 16.5. The third-order valence-corrected chi connectivity index (χ3v) is 13.0. The van der Waals surface area contributed by atoms with Crippen LogP contribution in [0.25, 0.3) is 0 Å². The van der Waals surface area contributed by atoms with Crippen LogP contribution in [0.5, 0.6) is 0 Å². The second-order valence-corrected chi connectivity index (χ2v) is 19.3. The van der Waals surface area contributed by atoms with Crippen LogP contribution in [0.2, 0.25) is 0 Å². The SMILES string of the molecule is CCCCCCCCCCCCCCCOC(=O)CCCCCC(O)CN(CCCCCCCCCCCCCC)CCCCNCCCCCCCCCCCCCC. The molecule has 1 atom stereocenters. The highest BCUT2D eigenvalue weighted by Crippen LogP contribution is 2.16. The van der Waals surface area contributed by atoms with Gasteiger partial charge in [-0.15, -0.1) is 0 Å². The lowest BCUT2D eigenvalue weighted by atomic mass is 10.0. The number of aliphatic hydroxyl groups excluding tert-OH is 1. The summed E-state index contributed by atoms with van der Waals surface area (Å²) in [4.78, 5) is 14.8. The molecule has 0 aromatic heterocycles. The fraction of sp³-hybridized carbons (Fsp3) is 0.982. The maximum atomic E-state index is 12.3. The Labute approximate surface area is 378 Å². The quantitative estimate of drug-likeness (QED) is 0.0472. The van der Waals surface area contributed by atoms with E-state index < -0.39 is 0 Å². The summed E-state index contributed by atoms with van der Waals surface area (Å²) in [6.45, 7) is 12.8. The molecule has 2 N–H and O–H groups in total. The van der Waals surface area contributed by atoms with Crippen molar-refractivity contribution in [3.05, 3.63) is 0 Å². The molecule has 0 saturated heterocycles. The summed E-state index contributed by atoms with van der Waals surface area (Å²) in [6.07, 6.45) is 57.2. The Morgan fingerprint density at radius 3 is 1.15 bits per heavy atom. The second kappa shape index (κ2) is 52.7. The summed E-state index contributed by atoms with van der Waals surface area (Å²) in [7, 11) is 0. The van der Waals surface area contributed by atoms with Crippen molar-refractivity contribution in [2.24, 2.45) is 0 Å². The summed E-state index contributed by atoms with van der Waals surface area (Å²) in [5, 5.41) is 14.7. The van der Waals surface area contributed by atoms with Gasteiger partial charge in [-0.1, -0.05) is 252 Å². The predicted molar refractivity (Wildman–Crippen MR) is 266 cm³/mol. The lowest BCUT2D eigenvalue weighted by Crippen LogP contribution is -2.34. The van der Waals surface area contributed by atoms with E-state index >= 15 is 0 Å². The topological polar surface area (TPSA) is 61.8 Å². The number of unbranched alkanes of at least 4 members (excludes halogenated alkanes) is 37. The number of carbonyl (C=O) groups is 1. The molecule has 0 aliphatic rings. The Morgan fingerprint density at radius 2 is 0.733 bits per heavy atom. The first kappa shape index (κ1) is 59.4. The molecule has 5 nitrogen and oxygen atoms in total. The Bertz CT molecular complexity index is 794. The molecule has 60 heavy (non-hydrogen) atoms. The van der Waals surface area contributed by atoms with Gasteiger partial charge in [0.15, 0.2) is 0 Å². The van der Waals surface area contributed by atoms with E-state index in [1.165, 1.54) is 244 Å². The van der Waals surface area contributed by atoms with Crippen LogP contribution < -0.4 is 5.32 Å². The molecular weight excluding hydrogens is 737 g/mol. The molecular formula is C55H112N2O3. The Balaban J connectivity index is 4.08. The van der Waals surface area contributed by atoms with Crippen molar-refractivity contribution in [2.75, 3.05) is 39.3 Å². The first-order valence-corrected chi connectivity index (χ1v) is 27.9. The van der Waals surface area contributed by atoms with Gasteiger partial charge in [-0.05, 0) is 71.1 Å². The maximum absolute atomic E-state index is 12.3. The van der Waals surface area contributed by atoms with Crippen molar-refractivity contribution in [3.63, 3.8) is 0 Å². The molecule has 360 valence electrons. The lowest BCUT2D eigenvalue weighted by molar-refractivity contribution is -0.143. The summed E-state index contributed by atoms with van der Waals surface area (Å²) in [5.74, 6) is -0.0355. The fourth-order valence-electron chi connectivity index (χ4n) is 8.87. The molecule has 0 rings (SSSR count). The summed E-state index contributed by atoms with van der Waals surface area (Å²) in [6, 6.07) is 0. The van der Waals surface area contributed by atoms with Gasteiger partial charge in [-0.2, -0.15) is 0 Å². The minimum atomic E-state index is -0.270. The highest BCUT2D eigenvalue weighted by Gasteiger charge is 2.12. The van der Waals surface area contributed by atoms with Crippen molar-refractivity contribution < 1.29 is 14.6 Å². The number of esters is 1. The summed E-state index contributed by atoms with van der Waals surface area (Å²) >= 11 is 0. The highest BCUT2D eigenvalue weighted by molar-refractivity contribution is 5.69. The van der Waals surface area contributed by atoms with Crippen LogP contribution >= 0.6 is 0 Å². The molecule has 0 heterocycles. The van der Waals surface area contributed by atoms with Gasteiger partial charge >= 0.3 is 5.97 Å². The largest absolute Gasteiger partial charge is 0.466 e. The van der Waals surface area contributed by atoms with Gasteiger partial charge in [-0.3, -0.25) is 4.79 Å². The van der Waals surface area contributed by atoms with E-state index in [1.54, 1.807) is 0 Å². The van der Waals surface area contributed by atoms with Crippen LogP contribution in [0.1, 0.15) is 303 Å². The molecule has 1 unspecified atom stereocenters. The molecule has 0 aliphatic heterocycles. The third kappa shape index (κ3) is 50.0. The van der Waals surface area contributed by atoms with Crippen molar-refractivity contribution in [1.82, 2.24) is 10.2 Å². The first-order valence-electron chi connectivity index (χ1n) is 27.9. The van der Waals surface area contributed by atoms with Gasteiger partial charge in [0.25, 0.3) is 0 Å². The minimum Gasteiger partial charge on any atom is -0.466 e. The average molecular weight is 850 g/mol. The average Bonchev–Trinajstić information content (AvgIpc) is 3.25. The number of hydrogen-bond donors (Lipinski definition) is 2. The molecule has 0 aromatic carbocycles. The molecule has 0 spiro atoms. The summed E-state index contributed by atoms with van der Waals surface area (Å²) in [5.41, 5.74) is 0. The van der Waals surface area contributed by atoms with Gasteiger partial charge in [-0.25, -0.2) is 0 Å². The number of hydrogen-bond acceptors (Lipinski definition) is 5. The van der Waals surface area contributed by atoms with Gasteiger partial charge in [0.1, 0.15) is 0 Å². The van der Waals surface area contributed by atoms with Crippen LogP contribution in [0.3, 0.4) is 0 Å². The Hall–Kier alpha value is -0.650. The van der Waals surface area contributed by atoms with Gasteiger partial charge in [0.2, 0.25) is 0 Å². The van der Waals surface area contributed by atoms with Crippen LogP contribution in [0, 0.1) is 0 Å². The number of rotatable bonds is 53. The van der Waals surface area contributed by atoms with E-state index in [0.717, 1.165) is 64.8 Å². The molecule has 0 aliphatic carbocycles. The van der Waals surface area contributed by atoms with E-state index in [4.69, 9.17) is 4.74 Å². The molecule has 0 fully saturated rings. The van der Waals surface area contributed by atoms with Crippen LogP contribution in [0.4, 0.5) is 0 Å². The summed E-state index contributed by atoms with van der Waals surface area (Å²) < 4.78 is 5.53. The van der Waals surface area contributed by atoms with E-state index in [9.17, 15) is 9.90 Å². The fourth-order valence-corrected chi connectivity index (χ4v) is 8.87. The van der Waals surface area contributed by atoms with Gasteiger partial charge < -0.3 is 20.1 Å². The molecule has 0 aromatic rings. The van der Waals surface area contributed by atoms with Crippen molar-refractivity contribution in [1.29, 1.82) is 0 Å². The van der Waals surface area contributed by atoms with E-state index in [2.05, 4.69) is 31.0 Å². The molecule has 0 amide bonds. The number of nitrogens with zero attached hydrogens (tertiary/aromatic N) is 1. The van der Waals surface area contributed by atoms with Gasteiger partial charge in [0, 0.05) is 13.0 Å². The van der Waals surface area contributed by atoms with Crippen molar-refractivity contribution in [2.45, 2.75) is 309 Å². The zero-order valence-corrected chi connectivity index (χ0v) is 41.6. The zero-order valence-electron chi connectivity index (χ0n) is 41.6. The van der Waals surface area contributed by atoms with E-state index in [0.29, 0.717) is 13.0 Å². The first-order chi connectivity index (χ1) is 29.6. The minimum absolute atomic E-state index is 0.0355. The standard InChI is InChI=1S/C55H112N2O3/c1-4-7-10-13-16-19-22-25-28-31-34-37-45-52-60-55(59)47-40-38-39-46-54(58)53-57(50-43-36-33-30-27-24-21-18-15-12-9-6-3)51-44-42-49-56-48-41-35-32-29-26-23-20-17-14-11-8-5-2/h54,56,58H,4-53H2,1-3H3. The predicted octanol–water partition coefficient (Wildman–Crippen LogP) is 17.0. The third-order valence-electron chi connectivity index (χ3n) is 13.0. The van der Waals surface area contributed by atoms with E-state index in [-0.39, 0.29) is 12.1 Å². The normalized spacial score (nSPS) is 12.2. The van der Waals surface area contributed by atoms with Crippen LogP contribution in [-0.4, -0.2) is 61.4 Å². The Kier molecular flexibility index (Phi) is 52.1. The van der Waals surface area contributed by atoms with Gasteiger partial charge in [0.05, 0.1) is 12.7 Å². The van der Waals surface area contributed by atoms with Crippen molar-refractivity contribution in [3.8, 4) is 0 Å². The smallest absolute Gasteiger partial charge is 0.305 e. The number of aliphatic hydroxyl groups is 1. The second-order valence-electron chi connectivity index (χ2n) is 19.3. The number of nitrogens with one attached hydrogen (secondary N) is 1. The number of ether oxygens (including phenoxy) is 1. The van der Waals surface area contributed by atoms with E-state index in [1.807, 2.05) is 0 Å². The van der Waals surface area contributed by atoms with Crippen LogP contribution in [-0.2, 0) is 9.53 Å². The van der Waals surface area contributed by atoms with Crippen molar-refractivity contribution >= 4 is 5.97 Å². The lowest BCUT2D eigenvalue weighted by Gasteiger charge is -2.25. The zero-order chi connectivity index (χ0) is 43.5. The molecule has 0 radical (unpaired) electrons.